The van der Waals surface area contributed by atoms with Gasteiger partial charge in [-0.1, -0.05) is 12.1 Å². The molecule has 0 spiro atoms. The second-order valence-corrected chi connectivity index (χ2v) is 8.31. The Kier molecular flexibility index (Phi) is 4.08. The molecule has 1 aromatic carbocycles. The van der Waals surface area contributed by atoms with Gasteiger partial charge in [-0.2, -0.15) is 0 Å². The minimum atomic E-state index is 0.505. The number of anilines is 1. The number of rotatable bonds is 3. The number of fused-ring (bicyclic) bond motifs is 2. The maximum Gasteiger partial charge on any atom is 0.150 e. The van der Waals surface area contributed by atoms with Crippen molar-refractivity contribution in [3.05, 3.63) is 47.4 Å². The fourth-order valence-corrected chi connectivity index (χ4v) is 5.61. The predicted molar refractivity (Wildman–Crippen MR) is 106 cm³/mol. The van der Waals surface area contributed by atoms with Gasteiger partial charge in [0.1, 0.15) is 5.75 Å². The fraction of sp³-hybridized carbons (Fsp3) is 0.545. The molecule has 0 radical (unpaired) electrons. The molecule has 4 fully saturated rings. The Hall–Kier alpha value is -2.14. The first-order valence-corrected chi connectivity index (χ1v) is 10.1. The van der Waals surface area contributed by atoms with Crippen LogP contribution in [0.1, 0.15) is 35.7 Å². The normalized spacial score (nSPS) is 31.8. The summed E-state index contributed by atoms with van der Waals surface area (Å²) in [5.74, 6) is 3.29. The molecular weight excluding hydrogens is 336 g/mol. The van der Waals surface area contributed by atoms with Crippen LogP contribution in [0.2, 0.25) is 0 Å². The number of benzene rings is 1. The van der Waals surface area contributed by atoms with Crippen LogP contribution in [0.3, 0.4) is 0 Å². The lowest BCUT2D eigenvalue weighted by atomic mass is 9.75. The van der Waals surface area contributed by atoms with Crippen LogP contribution in [0.15, 0.2) is 30.5 Å². The van der Waals surface area contributed by atoms with Crippen LogP contribution in [0.4, 0.5) is 5.82 Å². The van der Waals surface area contributed by atoms with Crippen molar-refractivity contribution in [3.8, 4) is 5.75 Å². The van der Waals surface area contributed by atoms with E-state index in [4.69, 9.17) is 9.72 Å². The molecule has 142 valence electrons. The second kappa shape index (κ2) is 6.48. The fourth-order valence-electron chi connectivity index (χ4n) is 5.61. The van der Waals surface area contributed by atoms with E-state index in [1.54, 1.807) is 7.11 Å². The van der Waals surface area contributed by atoms with E-state index in [1.165, 1.54) is 31.5 Å². The van der Waals surface area contributed by atoms with Crippen LogP contribution in [-0.2, 0) is 0 Å². The zero-order valence-electron chi connectivity index (χ0n) is 16.4. The van der Waals surface area contributed by atoms with E-state index in [-0.39, 0.29) is 0 Å². The molecule has 27 heavy (non-hydrogen) atoms. The van der Waals surface area contributed by atoms with Gasteiger partial charge in [-0.25, -0.2) is 4.98 Å². The highest BCUT2D eigenvalue weighted by molar-refractivity contribution is 5.50. The summed E-state index contributed by atoms with van der Waals surface area (Å²) in [6, 6.07) is 9.83. The molecule has 0 aliphatic carbocycles. The number of hydrogen-bond donors (Lipinski definition) is 0. The number of aromatic nitrogens is 2. The van der Waals surface area contributed by atoms with Crippen LogP contribution in [0, 0.1) is 19.8 Å². The summed E-state index contributed by atoms with van der Waals surface area (Å²) in [5, 5.41) is 0. The maximum atomic E-state index is 5.37. The standard InChI is InChI=1S/C22H28N4O/c1-14-12-23-15(2)22(24-14)26-13-19(16-4-6-18(27-3)7-5-16)21-20(26)17-8-10-25(21)11-9-17/h4-7,12,17,19-21H,8-11,13H2,1-3H3/t19-,20+,21+/m0/s1. The van der Waals surface area contributed by atoms with Crippen LogP contribution < -0.4 is 9.64 Å². The summed E-state index contributed by atoms with van der Waals surface area (Å²) < 4.78 is 5.37. The molecule has 0 unspecified atom stereocenters. The Morgan fingerprint density at radius 1 is 1.04 bits per heavy atom. The summed E-state index contributed by atoms with van der Waals surface area (Å²) in [6.07, 6.45) is 4.50. The van der Waals surface area contributed by atoms with E-state index in [0.29, 0.717) is 18.0 Å². The van der Waals surface area contributed by atoms with E-state index in [0.717, 1.165) is 35.4 Å². The lowest BCUT2D eigenvalue weighted by Gasteiger charge is -2.51. The molecule has 4 aliphatic heterocycles. The van der Waals surface area contributed by atoms with Crippen molar-refractivity contribution in [2.24, 2.45) is 5.92 Å². The van der Waals surface area contributed by atoms with Gasteiger partial charge < -0.3 is 9.64 Å². The minimum Gasteiger partial charge on any atom is -0.497 e. The average molecular weight is 364 g/mol. The summed E-state index contributed by atoms with van der Waals surface area (Å²) in [4.78, 5) is 14.8. The quantitative estimate of drug-likeness (QED) is 0.837. The predicted octanol–water partition coefficient (Wildman–Crippen LogP) is 3.17. The van der Waals surface area contributed by atoms with E-state index in [1.807, 2.05) is 13.1 Å². The first-order valence-electron chi connectivity index (χ1n) is 10.1. The molecule has 4 aliphatic rings. The van der Waals surface area contributed by atoms with Crippen molar-refractivity contribution in [2.45, 2.75) is 44.7 Å². The molecule has 0 amide bonds. The zero-order valence-corrected chi connectivity index (χ0v) is 16.4. The first-order chi connectivity index (χ1) is 13.2. The van der Waals surface area contributed by atoms with Gasteiger partial charge in [0, 0.05) is 30.7 Å². The molecule has 5 nitrogen and oxygen atoms in total. The number of piperidine rings is 3. The van der Waals surface area contributed by atoms with Crippen LogP contribution in [-0.4, -0.2) is 53.7 Å². The third-order valence-electron chi connectivity index (χ3n) is 6.86. The smallest absolute Gasteiger partial charge is 0.150 e. The molecular formula is C22H28N4O. The Morgan fingerprint density at radius 2 is 1.78 bits per heavy atom. The molecule has 5 heterocycles. The van der Waals surface area contributed by atoms with Gasteiger partial charge in [-0.3, -0.25) is 9.88 Å². The van der Waals surface area contributed by atoms with Gasteiger partial charge in [0.25, 0.3) is 0 Å². The third kappa shape index (κ3) is 2.71. The van der Waals surface area contributed by atoms with Gasteiger partial charge in [-0.15, -0.1) is 0 Å². The SMILES string of the molecule is COc1ccc([C@@H]2CN(c3nc(C)cnc3C)[C@@H]3C4CCN(CC4)[C@@H]32)cc1. The van der Waals surface area contributed by atoms with E-state index in [9.17, 15) is 0 Å². The summed E-state index contributed by atoms with van der Waals surface area (Å²) in [7, 11) is 1.73. The number of methoxy groups -OCH3 is 1. The van der Waals surface area contributed by atoms with Crippen molar-refractivity contribution in [1.82, 2.24) is 14.9 Å². The van der Waals surface area contributed by atoms with E-state index < -0.39 is 0 Å². The highest BCUT2D eigenvalue weighted by atomic mass is 16.5. The van der Waals surface area contributed by atoms with Gasteiger partial charge >= 0.3 is 0 Å². The van der Waals surface area contributed by atoms with Gasteiger partial charge in [0.05, 0.1) is 18.5 Å². The van der Waals surface area contributed by atoms with Crippen molar-refractivity contribution < 1.29 is 4.74 Å². The Morgan fingerprint density at radius 3 is 2.48 bits per heavy atom. The lowest BCUT2D eigenvalue weighted by molar-refractivity contribution is 0.0354. The molecule has 6 rings (SSSR count). The second-order valence-electron chi connectivity index (χ2n) is 8.31. The minimum absolute atomic E-state index is 0.505. The molecule has 1 aromatic heterocycles. The summed E-state index contributed by atoms with van der Waals surface area (Å²) >= 11 is 0. The largest absolute Gasteiger partial charge is 0.497 e. The van der Waals surface area contributed by atoms with Crippen LogP contribution >= 0.6 is 0 Å². The van der Waals surface area contributed by atoms with Gasteiger partial charge in [0.15, 0.2) is 5.82 Å². The van der Waals surface area contributed by atoms with Crippen LogP contribution in [0.25, 0.3) is 0 Å². The molecule has 4 saturated heterocycles. The number of nitrogens with zero attached hydrogens (tertiary/aromatic N) is 4. The van der Waals surface area contributed by atoms with Crippen molar-refractivity contribution in [1.29, 1.82) is 0 Å². The molecule has 2 bridgehead atoms. The average Bonchev–Trinajstić information content (AvgIpc) is 3.13. The highest BCUT2D eigenvalue weighted by Crippen LogP contribution is 2.48. The molecule has 0 N–H and O–H groups in total. The Bertz CT molecular complexity index is 829. The van der Waals surface area contributed by atoms with Crippen molar-refractivity contribution >= 4 is 5.82 Å². The number of ether oxygens (including phenoxy) is 1. The number of hydrogen-bond acceptors (Lipinski definition) is 5. The van der Waals surface area contributed by atoms with Crippen molar-refractivity contribution in [3.63, 3.8) is 0 Å². The lowest BCUT2D eigenvalue weighted by Crippen LogP contribution is -2.60. The van der Waals surface area contributed by atoms with Gasteiger partial charge in [-0.05, 0) is 63.4 Å². The number of aryl methyl sites for hydroxylation is 2. The van der Waals surface area contributed by atoms with Gasteiger partial charge in [0.2, 0.25) is 0 Å². The molecule has 3 atom stereocenters. The first kappa shape index (κ1) is 17.0. The molecule has 0 saturated carbocycles. The highest BCUT2D eigenvalue weighted by Gasteiger charge is 2.54. The van der Waals surface area contributed by atoms with Crippen molar-refractivity contribution in [2.75, 3.05) is 31.6 Å². The monoisotopic (exact) mass is 364 g/mol. The van der Waals surface area contributed by atoms with Crippen LogP contribution in [0.5, 0.6) is 5.75 Å². The molecule has 2 aromatic rings. The topological polar surface area (TPSA) is 41.5 Å². The Labute approximate surface area is 161 Å². The summed E-state index contributed by atoms with van der Waals surface area (Å²) in [6.45, 7) is 7.64. The van der Waals surface area contributed by atoms with E-state index in [2.05, 4.69) is 46.0 Å². The Balaban J connectivity index is 1.56. The maximum absolute atomic E-state index is 5.37. The summed E-state index contributed by atoms with van der Waals surface area (Å²) in [5.41, 5.74) is 3.46. The third-order valence-corrected chi connectivity index (χ3v) is 6.86. The zero-order chi connectivity index (χ0) is 18.5. The van der Waals surface area contributed by atoms with E-state index >= 15 is 0 Å². The molecule has 5 heteroatoms.